The quantitative estimate of drug-likeness (QED) is 0.783. The van der Waals surface area contributed by atoms with Gasteiger partial charge in [0.05, 0.1) is 0 Å². The minimum atomic E-state index is 0.400. The number of hydrogen-bond acceptors (Lipinski definition) is 2. The van der Waals surface area contributed by atoms with Gasteiger partial charge in [0.1, 0.15) is 0 Å². The van der Waals surface area contributed by atoms with Crippen LogP contribution in [0.25, 0.3) is 0 Å². The zero-order valence-electron chi connectivity index (χ0n) is 13.7. The molecule has 0 aromatic heterocycles. The first-order chi connectivity index (χ1) is 9.78. The van der Waals surface area contributed by atoms with Gasteiger partial charge in [-0.25, -0.2) is 0 Å². The largest absolute Gasteiger partial charge is 0.308 e. The van der Waals surface area contributed by atoms with Gasteiger partial charge in [-0.05, 0) is 44.4 Å². The first-order valence-electron chi connectivity index (χ1n) is 9.29. The summed E-state index contributed by atoms with van der Waals surface area (Å²) in [5.74, 6) is 1.01. The van der Waals surface area contributed by atoms with E-state index in [1.165, 1.54) is 77.3 Å². The van der Waals surface area contributed by atoms with Crippen molar-refractivity contribution in [1.29, 1.82) is 0 Å². The summed E-state index contributed by atoms with van der Waals surface area (Å²) in [6.45, 7) is 7.31. The van der Waals surface area contributed by atoms with Gasteiger partial charge in [0.25, 0.3) is 0 Å². The van der Waals surface area contributed by atoms with Crippen LogP contribution in [0.2, 0.25) is 0 Å². The van der Waals surface area contributed by atoms with Crippen molar-refractivity contribution in [1.82, 2.24) is 10.2 Å². The summed E-state index contributed by atoms with van der Waals surface area (Å²) in [7, 11) is 0. The highest BCUT2D eigenvalue weighted by atomic mass is 15.3. The van der Waals surface area contributed by atoms with Gasteiger partial charge in [-0.15, -0.1) is 0 Å². The van der Waals surface area contributed by atoms with Gasteiger partial charge in [-0.1, -0.05) is 39.5 Å². The third-order valence-corrected chi connectivity index (χ3v) is 6.41. The molecule has 2 aliphatic carbocycles. The Morgan fingerprint density at radius 1 is 0.950 bits per heavy atom. The molecule has 20 heavy (non-hydrogen) atoms. The summed E-state index contributed by atoms with van der Waals surface area (Å²) in [5.41, 5.74) is 0.400. The molecule has 2 saturated carbocycles. The molecule has 1 aliphatic heterocycles. The van der Waals surface area contributed by atoms with Crippen molar-refractivity contribution < 1.29 is 0 Å². The van der Waals surface area contributed by atoms with Crippen molar-refractivity contribution in [2.24, 2.45) is 5.92 Å². The molecule has 0 spiro atoms. The minimum Gasteiger partial charge on any atom is -0.308 e. The second kappa shape index (κ2) is 6.36. The SMILES string of the molecule is CCC1(CC)CN(C2CCCCCC2)C(C2CC2)CN1. The van der Waals surface area contributed by atoms with Crippen LogP contribution in [0.15, 0.2) is 0 Å². The van der Waals surface area contributed by atoms with Crippen LogP contribution in [-0.4, -0.2) is 35.6 Å². The van der Waals surface area contributed by atoms with E-state index in [0.717, 1.165) is 18.0 Å². The number of nitrogens with one attached hydrogen (secondary N) is 1. The van der Waals surface area contributed by atoms with E-state index in [1.807, 2.05) is 0 Å². The van der Waals surface area contributed by atoms with E-state index in [9.17, 15) is 0 Å². The summed E-state index contributed by atoms with van der Waals surface area (Å²) in [4.78, 5) is 2.98. The van der Waals surface area contributed by atoms with Crippen LogP contribution in [0.1, 0.15) is 78.1 Å². The number of rotatable bonds is 4. The van der Waals surface area contributed by atoms with Crippen molar-refractivity contribution in [3.8, 4) is 0 Å². The monoisotopic (exact) mass is 278 g/mol. The molecule has 1 N–H and O–H groups in total. The van der Waals surface area contributed by atoms with Crippen molar-refractivity contribution in [3.05, 3.63) is 0 Å². The average molecular weight is 278 g/mol. The van der Waals surface area contributed by atoms with Crippen LogP contribution in [-0.2, 0) is 0 Å². The van der Waals surface area contributed by atoms with Gasteiger partial charge in [0.2, 0.25) is 0 Å². The molecule has 3 rings (SSSR count). The topological polar surface area (TPSA) is 15.3 Å². The van der Waals surface area contributed by atoms with Crippen LogP contribution in [0.4, 0.5) is 0 Å². The molecular formula is C18H34N2. The molecule has 2 heteroatoms. The number of hydrogen-bond donors (Lipinski definition) is 1. The normalized spacial score (nSPS) is 33.0. The average Bonchev–Trinajstić information content (AvgIpc) is 3.33. The molecule has 1 unspecified atom stereocenters. The molecule has 0 aromatic carbocycles. The zero-order chi connectivity index (χ0) is 14.0. The Hall–Kier alpha value is -0.0800. The maximum absolute atomic E-state index is 3.95. The molecular weight excluding hydrogens is 244 g/mol. The van der Waals surface area contributed by atoms with E-state index in [4.69, 9.17) is 0 Å². The Kier molecular flexibility index (Phi) is 4.72. The van der Waals surface area contributed by atoms with Gasteiger partial charge < -0.3 is 5.32 Å². The smallest absolute Gasteiger partial charge is 0.0304 e. The molecule has 1 heterocycles. The second-order valence-corrected chi connectivity index (χ2v) is 7.59. The van der Waals surface area contributed by atoms with Crippen LogP contribution >= 0.6 is 0 Å². The highest BCUT2D eigenvalue weighted by Gasteiger charge is 2.45. The van der Waals surface area contributed by atoms with Gasteiger partial charge in [0.15, 0.2) is 0 Å². The van der Waals surface area contributed by atoms with Crippen LogP contribution < -0.4 is 5.32 Å². The fourth-order valence-electron chi connectivity index (χ4n) is 4.59. The molecule has 3 aliphatic rings. The third kappa shape index (κ3) is 3.06. The Morgan fingerprint density at radius 2 is 1.60 bits per heavy atom. The summed E-state index contributed by atoms with van der Waals surface area (Å²) in [6.07, 6.45) is 14.4. The third-order valence-electron chi connectivity index (χ3n) is 6.41. The van der Waals surface area contributed by atoms with E-state index in [-0.39, 0.29) is 0 Å². The zero-order valence-corrected chi connectivity index (χ0v) is 13.7. The van der Waals surface area contributed by atoms with E-state index in [0.29, 0.717) is 5.54 Å². The standard InChI is InChI=1S/C18H34N2/c1-3-18(4-2)14-20(16-9-7-5-6-8-10-16)17(13-19-18)15-11-12-15/h15-17,19H,3-14H2,1-2H3. The minimum absolute atomic E-state index is 0.400. The highest BCUT2D eigenvalue weighted by molar-refractivity contribution is 5.03. The molecule has 116 valence electrons. The molecule has 0 radical (unpaired) electrons. The first-order valence-corrected chi connectivity index (χ1v) is 9.29. The lowest BCUT2D eigenvalue weighted by atomic mass is 9.86. The Morgan fingerprint density at radius 3 is 2.15 bits per heavy atom. The lowest BCUT2D eigenvalue weighted by molar-refractivity contribution is 0.0215. The Balaban J connectivity index is 1.73. The molecule has 2 nitrogen and oxygen atoms in total. The van der Waals surface area contributed by atoms with E-state index in [2.05, 4.69) is 24.1 Å². The lowest BCUT2D eigenvalue weighted by Gasteiger charge is -2.51. The Labute approximate surface area is 125 Å². The van der Waals surface area contributed by atoms with E-state index < -0.39 is 0 Å². The highest BCUT2D eigenvalue weighted by Crippen LogP contribution is 2.40. The van der Waals surface area contributed by atoms with Crippen molar-refractivity contribution >= 4 is 0 Å². The van der Waals surface area contributed by atoms with Crippen LogP contribution in [0.5, 0.6) is 0 Å². The molecule has 0 bridgehead atoms. The maximum atomic E-state index is 3.95. The van der Waals surface area contributed by atoms with Gasteiger partial charge in [0, 0.05) is 30.7 Å². The van der Waals surface area contributed by atoms with Gasteiger partial charge in [-0.3, -0.25) is 4.90 Å². The molecule has 0 aromatic rings. The second-order valence-electron chi connectivity index (χ2n) is 7.59. The van der Waals surface area contributed by atoms with Crippen molar-refractivity contribution in [2.75, 3.05) is 13.1 Å². The summed E-state index contributed by atoms with van der Waals surface area (Å²) >= 11 is 0. The van der Waals surface area contributed by atoms with Crippen molar-refractivity contribution in [2.45, 2.75) is 95.7 Å². The summed E-state index contributed by atoms with van der Waals surface area (Å²) in [6, 6.07) is 1.74. The number of nitrogens with zero attached hydrogens (tertiary/aromatic N) is 1. The number of piperazine rings is 1. The Bertz CT molecular complexity index is 299. The summed E-state index contributed by atoms with van der Waals surface area (Å²) < 4.78 is 0. The van der Waals surface area contributed by atoms with Crippen LogP contribution in [0.3, 0.4) is 0 Å². The molecule has 1 atom stereocenters. The first kappa shape index (κ1) is 14.8. The fraction of sp³-hybridized carbons (Fsp3) is 1.00. The predicted octanol–water partition coefficient (Wildman–Crippen LogP) is 3.95. The molecule has 3 fully saturated rings. The van der Waals surface area contributed by atoms with E-state index in [1.54, 1.807) is 0 Å². The summed E-state index contributed by atoms with van der Waals surface area (Å²) in [5, 5.41) is 3.95. The van der Waals surface area contributed by atoms with Crippen molar-refractivity contribution in [3.63, 3.8) is 0 Å². The fourth-order valence-corrected chi connectivity index (χ4v) is 4.59. The molecule has 1 saturated heterocycles. The predicted molar refractivity (Wildman–Crippen MR) is 86.0 cm³/mol. The van der Waals surface area contributed by atoms with Gasteiger partial charge >= 0.3 is 0 Å². The van der Waals surface area contributed by atoms with E-state index >= 15 is 0 Å². The van der Waals surface area contributed by atoms with Gasteiger partial charge in [-0.2, -0.15) is 0 Å². The molecule has 0 amide bonds. The van der Waals surface area contributed by atoms with Crippen LogP contribution in [0, 0.1) is 5.92 Å². The maximum Gasteiger partial charge on any atom is 0.0304 e. The lowest BCUT2D eigenvalue weighted by Crippen LogP contribution is -2.66.